The maximum Gasteiger partial charge on any atom is 0.139 e. The number of anilines is 1. The van der Waals surface area contributed by atoms with Crippen LogP contribution in [0.2, 0.25) is 10.0 Å². The van der Waals surface area contributed by atoms with E-state index in [-0.39, 0.29) is 0 Å². The van der Waals surface area contributed by atoms with Gasteiger partial charge in [-0.2, -0.15) is 0 Å². The summed E-state index contributed by atoms with van der Waals surface area (Å²) >= 11 is 15.4. The summed E-state index contributed by atoms with van der Waals surface area (Å²) in [4.78, 5) is 0. The van der Waals surface area contributed by atoms with Gasteiger partial charge in [0.05, 0.1) is 10.0 Å². The van der Waals surface area contributed by atoms with E-state index in [2.05, 4.69) is 15.9 Å². The summed E-state index contributed by atoms with van der Waals surface area (Å²) in [5, 5.41) is 1.07. The molecule has 0 aliphatic carbocycles. The smallest absolute Gasteiger partial charge is 0.139 e. The van der Waals surface area contributed by atoms with Gasteiger partial charge in [0, 0.05) is 16.2 Å². The Kier molecular flexibility index (Phi) is 4.61. The van der Waals surface area contributed by atoms with Gasteiger partial charge in [-0.25, -0.2) is 0 Å². The van der Waals surface area contributed by atoms with E-state index in [9.17, 15) is 0 Å². The lowest BCUT2D eigenvalue weighted by Crippen LogP contribution is -2.01. The van der Waals surface area contributed by atoms with Crippen LogP contribution in [0.25, 0.3) is 0 Å². The largest absolute Gasteiger partial charge is 0.487 e. The van der Waals surface area contributed by atoms with Crippen molar-refractivity contribution in [2.24, 2.45) is 0 Å². The molecule has 0 aromatic heterocycles. The van der Waals surface area contributed by atoms with E-state index in [1.54, 1.807) is 12.1 Å². The van der Waals surface area contributed by atoms with E-state index < -0.39 is 0 Å². The summed E-state index contributed by atoms with van der Waals surface area (Å²) in [6, 6.07) is 9.14. The fraction of sp³-hybridized carbons (Fsp3) is 0.143. The van der Waals surface area contributed by atoms with E-state index >= 15 is 0 Å². The molecule has 0 fully saturated rings. The van der Waals surface area contributed by atoms with Crippen molar-refractivity contribution in [1.82, 2.24) is 0 Å². The zero-order valence-corrected chi connectivity index (χ0v) is 13.3. The molecule has 5 heteroatoms. The fourth-order valence-corrected chi connectivity index (χ4v) is 2.48. The minimum absolute atomic E-state index is 0.397. The Morgan fingerprint density at radius 3 is 2.68 bits per heavy atom. The van der Waals surface area contributed by atoms with E-state index in [1.165, 1.54) is 0 Å². The summed E-state index contributed by atoms with van der Waals surface area (Å²) in [7, 11) is 0. The van der Waals surface area contributed by atoms with Gasteiger partial charge < -0.3 is 10.5 Å². The first-order valence-electron chi connectivity index (χ1n) is 5.60. The number of ether oxygens (including phenoxy) is 1. The number of rotatable bonds is 3. The highest BCUT2D eigenvalue weighted by Crippen LogP contribution is 2.34. The predicted molar refractivity (Wildman–Crippen MR) is 84.1 cm³/mol. The average molecular weight is 361 g/mol. The first-order chi connectivity index (χ1) is 8.99. The molecule has 100 valence electrons. The van der Waals surface area contributed by atoms with Gasteiger partial charge in [0.25, 0.3) is 0 Å². The number of hydrogen-bond acceptors (Lipinski definition) is 2. The number of hydrogen-bond donors (Lipinski definition) is 1. The summed E-state index contributed by atoms with van der Waals surface area (Å²) in [6.07, 6.45) is 0. The van der Waals surface area contributed by atoms with Crippen molar-refractivity contribution in [1.29, 1.82) is 0 Å². The number of halogens is 3. The highest BCUT2D eigenvalue weighted by molar-refractivity contribution is 9.10. The molecular weight excluding hydrogens is 349 g/mol. The Morgan fingerprint density at radius 2 is 1.95 bits per heavy atom. The molecule has 0 amide bonds. The Balaban J connectivity index is 2.19. The number of nitrogen functional groups attached to an aromatic ring is 1. The van der Waals surface area contributed by atoms with Crippen molar-refractivity contribution >= 4 is 44.8 Å². The van der Waals surface area contributed by atoms with Crippen LogP contribution in [-0.4, -0.2) is 0 Å². The van der Waals surface area contributed by atoms with Crippen molar-refractivity contribution in [3.05, 3.63) is 56.0 Å². The molecule has 2 N–H and O–H groups in total. The van der Waals surface area contributed by atoms with Crippen LogP contribution in [0.15, 0.2) is 34.8 Å². The normalized spacial score (nSPS) is 10.5. The van der Waals surface area contributed by atoms with Gasteiger partial charge >= 0.3 is 0 Å². The lowest BCUT2D eigenvalue weighted by Gasteiger charge is -2.12. The molecule has 0 atom stereocenters. The second kappa shape index (κ2) is 6.04. The van der Waals surface area contributed by atoms with Crippen LogP contribution in [-0.2, 0) is 6.61 Å². The molecule has 0 spiro atoms. The Morgan fingerprint density at radius 1 is 1.21 bits per heavy atom. The summed E-state index contributed by atoms with van der Waals surface area (Å²) in [6.45, 7) is 2.36. The van der Waals surface area contributed by atoms with Crippen LogP contribution in [0.4, 0.5) is 5.69 Å². The molecule has 0 bridgehead atoms. The summed E-state index contributed by atoms with van der Waals surface area (Å²) in [5.74, 6) is 0.552. The van der Waals surface area contributed by atoms with Gasteiger partial charge in [-0.3, -0.25) is 0 Å². The molecular formula is C14H12BrCl2NO. The number of nitrogens with two attached hydrogens (primary N) is 1. The third kappa shape index (κ3) is 3.35. The van der Waals surface area contributed by atoms with Crippen molar-refractivity contribution in [3.8, 4) is 5.75 Å². The minimum Gasteiger partial charge on any atom is -0.487 e. The van der Waals surface area contributed by atoms with E-state index in [1.807, 2.05) is 25.1 Å². The SMILES string of the molecule is Cc1c(N)cccc1COc1cc(Cl)c(Br)cc1Cl. The molecule has 0 aliphatic heterocycles. The molecule has 2 nitrogen and oxygen atoms in total. The summed E-state index contributed by atoms with van der Waals surface area (Å²) < 4.78 is 6.44. The van der Waals surface area contributed by atoms with Gasteiger partial charge in [-0.15, -0.1) is 0 Å². The quantitative estimate of drug-likeness (QED) is 0.601. The summed E-state index contributed by atoms with van der Waals surface area (Å²) in [5.41, 5.74) is 8.64. The number of benzene rings is 2. The van der Waals surface area contributed by atoms with Crippen molar-refractivity contribution in [2.75, 3.05) is 5.73 Å². The lowest BCUT2D eigenvalue weighted by atomic mass is 10.1. The van der Waals surface area contributed by atoms with Crippen LogP contribution in [0.3, 0.4) is 0 Å². The predicted octanol–water partition coefficient (Wildman–Crippen LogP) is 5.23. The van der Waals surface area contributed by atoms with Crippen LogP contribution in [0, 0.1) is 6.92 Å². The third-order valence-electron chi connectivity index (χ3n) is 2.85. The lowest BCUT2D eigenvalue weighted by molar-refractivity contribution is 0.305. The molecule has 19 heavy (non-hydrogen) atoms. The van der Waals surface area contributed by atoms with E-state index in [0.29, 0.717) is 22.4 Å². The average Bonchev–Trinajstić information content (AvgIpc) is 2.37. The van der Waals surface area contributed by atoms with Gasteiger partial charge in [0.2, 0.25) is 0 Å². The first-order valence-corrected chi connectivity index (χ1v) is 7.15. The molecule has 0 aliphatic rings. The standard InChI is InChI=1S/C14H12BrCl2NO/c1-8-9(3-2-4-13(8)18)7-19-14-6-11(16)10(15)5-12(14)17/h2-6H,7,18H2,1H3. The topological polar surface area (TPSA) is 35.2 Å². The van der Waals surface area contributed by atoms with Gasteiger partial charge in [-0.1, -0.05) is 35.3 Å². The maximum absolute atomic E-state index is 6.10. The molecule has 0 saturated heterocycles. The van der Waals surface area contributed by atoms with Gasteiger partial charge in [-0.05, 0) is 46.1 Å². The zero-order chi connectivity index (χ0) is 14.0. The molecule has 0 radical (unpaired) electrons. The van der Waals surface area contributed by atoms with Crippen LogP contribution in [0.5, 0.6) is 5.75 Å². The minimum atomic E-state index is 0.397. The Labute approximate surface area is 130 Å². The molecule has 0 unspecified atom stereocenters. The molecule has 0 heterocycles. The fourth-order valence-electron chi connectivity index (χ4n) is 1.63. The Bertz CT molecular complexity index is 617. The molecule has 2 aromatic carbocycles. The Hall–Kier alpha value is -0.900. The maximum atomic E-state index is 6.10. The van der Waals surface area contributed by atoms with Crippen molar-refractivity contribution < 1.29 is 4.74 Å². The van der Waals surface area contributed by atoms with Crippen LogP contribution in [0.1, 0.15) is 11.1 Å². The second-order valence-electron chi connectivity index (χ2n) is 4.12. The van der Waals surface area contributed by atoms with Crippen LogP contribution >= 0.6 is 39.1 Å². The first kappa shape index (κ1) is 14.5. The molecule has 0 saturated carbocycles. The van der Waals surface area contributed by atoms with E-state index in [0.717, 1.165) is 21.3 Å². The third-order valence-corrected chi connectivity index (χ3v) is 4.34. The van der Waals surface area contributed by atoms with Crippen molar-refractivity contribution in [3.63, 3.8) is 0 Å². The van der Waals surface area contributed by atoms with Crippen molar-refractivity contribution in [2.45, 2.75) is 13.5 Å². The van der Waals surface area contributed by atoms with Gasteiger partial charge in [0.1, 0.15) is 12.4 Å². The van der Waals surface area contributed by atoms with E-state index in [4.69, 9.17) is 33.7 Å². The van der Waals surface area contributed by atoms with Crippen LogP contribution < -0.4 is 10.5 Å². The highest BCUT2D eigenvalue weighted by Gasteiger charge is 2.08. The monoisotopic (exact) mass is 359 g/mol. The second-order valence-corrected chi connectivity index (χ2v) is 5.79. The molecule has 2 aromatic rings. The zero-order valence-electron chi connectivity index (χ0n) is 10.2. The van der Waals surface area contributed by atoms with Gasteiger partial charge in [0.15, 0.2) is 0 Å². The molecule has 2 rings (SSSR count). The highest BCUT2D eigenvalue weighted by atomic mass is 79.9.